The average Bonchev–Trinajstić information content (AvgIpc) is 2.42. The molecule has 0 aromatic rings. The Balaban J connectivity index is 4.86. The van der Waals surface area contributed by atoms with Crippen LogP contribution in [0.25, 0.3) is 0 Å². The molecule has 0 aliphatic carbocycles. The number of rotatable bonds is 10. The molecule has 0 aliphatic heterocycles. The van der Waals surface area contributed by atoms with E-state index in [-0.39, 0.29) is 6.10 Å². The van der Waals surface area contributed by atoms with E-state index >= 15 is 0 Å². The molecule has 0 fully saturated rings. The molecule has 0 bridgehead atoms. The maximum absolute atomic E-state index is 10.9. The maximum atomic E-state index is 10.9. The molecule has 0 aromatic carbocycles. The number of unbranched alkanes of at least 4 members (excludes halogenated alkanes) is 1. The van der Waals surface area contributed by atoms with Crippen LogP contribution in [0.4, 0.5) is 0 Å². The van der Waals surface area contributed by atoms with Gasteiger partial charge in [-0.05, 0) is 24.6 Å². The summed E-state index contributed by atoms with van der Waals surface area (Å²) in [5, 5.41) is 0. The fraction of sp³-hybridized carbons (Fsp3) is 0.667. The molecule has 0 saturated carbocycles. The summed E-state index contributed by atoms with van der Waals surface area (Å²) in [7, 11) is -1.69. The molecule has 1 atom stereocenters. The van der Waals surface area contributed by atoms with Gasteiger partial charge in [0, 0.05) is 5.57 Å². The summed E-state index contributed by atoms with van der Waals surface area (Å²) in [6.45, 7) is 12.5. The van der Waals surface area contributed by atoms with Gasteiger partial charge in [0.25, 0.3) is 0 Å². The minimum absolute atomic E-state index is 0.222. The van der Waals surface area contributed by atoms with Crippen LogP contribution in [0.3, 0.4) is 0 Å². The van der Waals surface area contributed by atoms with Gasteiger partial charge >= 0.3 is 0 Å². The second-order valence-corrected chi connectivity index (χ2v) is 9.41. The van der Waals surface area contributed by atoms with Crippen molar-refractivity contribution in [3.05, 3.63) is 24.3 Å². The summed E-state index contributed by atoms with van der Waals surface area (Å²) in [6, 6.07) is 3.26. The van der Waals surface area contributed by atoms with Crippen LogP contribution in [0.1, 0.15) is 40.5 Å². The van der Waals surface area contributed by atoms with Crippen molar-refractivity contribution in [2.75, 3.05) is 0 Å². The molecule has 0 rings (SSSR count). The molecule has 0 unspecified atom stereocenters. The third kappa shape index (κ3) is 5.32. The SMILES string of the molecule is C=C(C=O)[C@@H](/C=C/CCC)O[Si](CC)(CC)CC. The monoisotopic (exact) mass is 268 g/mol. The van der Waals surface area contributed by atoms with Crippen molar-refractivity contribution in [1.82, 2.24) is 0 Å². The van der Waals surface area contributed by atoms with E-state index in [0.29, 0.717) is 5.57 Å². The van der Waals surface area contributed by atoms with Crippen LogP contribution in [-0.2, 0) is 9.22 Å². The van der Waals surface area contributed by atoms with E-state index in [9.17, 15) is 4.79 Å². The van der Waals surface area contributed by atoms with Crippen LogP contribution < -0.4 is 0 Å². The summed E-state index contributed by atoms with van der Waals surface area (Å²) in [4.78, 5) is 10.9. The molecule has 0 N–H and O–H groups in total. The fourth-order valence-electron chi connectivity index (χ4n) is 1.96. The van der Waals surface area contributed by atoms with Crippen molar-refractivity contribution in [2.45, 2.75) is 64.8 Å². The van der Waals surface area contributed by atoms with E-state index < -0.39 is 8.32 Å². The molecule has 0 amide bonds. The van der Waals surface area contributed by atoms with Gasteiger partial charge in [-0.1, -0.05) is 52.8 Å². The van der Waals surface area contributed by atoms with Crippen molar-refractivity contribution in [2.24, 2.45) is 0 Å². The number of allylic oxidation sites excluding steroid dienone is 1. The zero-order chi connectivity index (χ0) is 14.0. The van der Waals surface area contributed by atoms with Crippen molar-refractivity contribution in [3.63, 3.8) is 0 Å². The Morgan fingerprint density at radius 2 is 1.78 bits per heavy atom. The summed E-state index contributed by atoms with van der Waals surface area (Å²) >= 11 is 0. The van der Waals surface area contributed by atoms with Gasteiger partial charge in [-0.15, -0.1) is 0 Å². The summed E-state index contributed by atoms with van der Waals surface area (Å²) in [5.41, 5.74) is 0.537. The Morgan fingerprint density at radius 1 is 1.22 bits per heavy atom. The molecular weight excluding hydrogens is 240 g/mol. The van der Waals surface area contributed by atoms with E-state index in [4.69, 9.17) is 4.43 Å². The summed E-state index contributed by atoms with van der Waals surface area (Å²) < 4.78 is 6.31. The largest absolute Gasteiger partial charge is 0.406 e. The first-order chi connectivity index (χ1) is 8.59. The van der Waals surface area contributed by atoms with Crippen molar-refractivity contribution in [3.8, 4) is 0 Å². The molecule has 3 heteroatoms. The van der Waals surface area contributed by atoms with Crippen LogP contribution in [0.15, 0.2) is 24.3 Å². The maximum Gasteiger partial charge on any atom is 0.193 e. The lowest BCUT2D eigenvalue weighted by atomic mass is 10.1. The molecular formula is C15H28O2Si. The third-order valence-electron chi connectivity index (χ3n) is 3.59. The highest BCUT2D eigenvalue weighted by molar-refractivity contribution is 6.73. The predicted octanol–water partition coefficient (Wildman–Crippen LogP) is 4.49. The van der Waals surface area contributed by atoms with Crippen molar-refractivity contribution < 1.29 is 9.22 Å². The molecule has 18 heavy (non-hydrogen) atoms. The minimum Gasteiger partial charge on any atom is -0.406 e. The van der Waals surface area contributed by atoms with Crippen LogP contribution in [0.5, 0.6) is 0 Å². The van der Waals surface area contributed by atoms with Gasteiger partial charge < -0.3 is 4.43 Å². The number of aldehydes is 1. The molecule has 104 valence electrons. The number of carbonyl (C=O) groups excluding carboxylic acids is 1. The highest BCUT2D eigenvalue weighted by Crippen LogP contribution is 2.25. The zero-order valence-corrected chi connectivity index (χ0v) is 13.4. The topological polar surface area (TPSA) is 26.3 Å². The standard InChI is InChI=1S/C15H28O2Si/c1-6-10-11-12-15(14(5)13-16)17-18(7-2,8-3)9-4/h11-13,15H,5-10H2,1-4H3/b12-11+/t15-/m1/s1. The van der Waals surface area contributed by atoms with Crippen molar-refractivity contribution >= 4 is 14.6 Å². The smallest absolute Gasteiger partial charge is 0.193 e. The first kappa shape index (κ1) is 17.3. The third-order valence-corrected chi connectivity index (χ3v) is 8.21. The van der Waals surface area contributed by atoms with Gasteiger partial charge in [-0.2, -0.15) is 0 Å². The zero-order valence-electron chi connectivity index (χ0n) is 12.4. The highest BCUT2D eigenvalue weighted by Gasteiger charge is 2.31. The molecule has 0 aromatic heterocycles. The Hall–Kier alpha value is -0.673. The molecule has 0 spiro atoms. The van der Waals surface area contributed by atoms with Gasteiger partial charge in [-0.3, -0.25) is 4.79 Å². The number of carbonyl (C=O) groups is 1. The van der Waals surface area contributed by atoms with Gasteiger partial charge in [0.2, 0.25) is 0 Å². The lowest BCUT2D eigenvalue weighted by Gasteiger charge is -2.32. The van der Waals surface area contributed by atoms with Gasteiger partial charge in [0.1, 0.15) is 6.29 Å². The second kappa shape index (κ2) is 9.28. The number of hydrogen-bond acceptors (Lipinski definition) is 2. The first-order valence-corrected chi connectivity index (χ1v) is 9.60. The Labute approximate surface area is 113 Å². The van der Waals surface area contributed by atoms with Crippen LogP contribution in [-0.4, -0.2) is 20.7 Å². The molecule has 0 radical (unpaired) electrons. The van der Waals surface area contributed by atoms with Gasteiger partial charge in [-0.25, -0.2) is 0 Å². The molecule has 0 saturated heterocycles. The first-order valence-electron chi connectivity index (χ1n) is 7.07. The van der Waals surface area contributed by atoms with E-state index in [0.717, 1.165) is 37.3 Å². The summed E-state index contributed by atoms with van der Waals surface area (Å²) in [5.74, 6) is 0. The summed E-state index contributed by atoms with van der Waals surface area (Å²) in [6.07, 6.45) is 6.82. The minimum atomic E-state index is -1.69. The van der Waals surface area contributed by atoms with E-state index in [2.05, 4.69) is 40.3 Å². The Bertz CT molecular complexity index is 272. The molecule has 0 heterocycles. The average molecular weight is 268 g/mol. The van der Waals surface area contributed by atoms with E-state index in [1.807, 2.05) is 6.08 Å². The Kier molecular flexibility index (Phi) is 8.94. The predicted molar refractivity (Wildman–Crippen MR) is 81.3 cm³/mol. The molecule has 2 nitrogen and oxygen atoms in total. The lowest BCUT2D eigenvalue weighted by Crippen LogP contribution is -2.40. The van der Waals surface area contributed by atoms with Gasteiger partial charge in [0.05, 0.1) is 6.10 Å². The number of hydrogen-bond donors (Lipinski definition) is 0. The second-order valence-electron chi connectivity index (χ2n) is 4.69. The van der Waals surface area contributed by atoms with Crippen LogP contribution >= 0.6 is 0 Å². The normalized spacial score (nSPS) is 13.8. The van der Waals surface area contributed by atoms with Gasteiger partial charge in [0.15, 0.2) is 8.32 Å². The van der Waals surface area contributed by atoms with Crippen LogP contribution in [0, 0.1) is 0 Å². The van der Waals surface area contributed by atoms with E-state index in [1.54, 1.807) is 0 Å². The Morgan fingerprint density at radius 3 is 2.17 bits per heavy atom. The quantitative estimate of drug-likeness (QED) is 0.252. The lowest BCUT2D eigenvalue weighted by molar-refractivity contribution is -0.105. The fourth-order valence-corrected chi connectivity index (χ4v) is 4.73. The van der Waals surface area contributed by atoms with Crippen molar-refractivity contribution in [1.29, 1.82) is 0 Å². The van der Waals surface area contributed by atoms with Crippen LogP contribution in [0.2, 0.25) is 18.1 Å². The highest BCUT2D eigenvalue weighted by atomic mass is 28.4. The van der Waals surface area contributed by atoms with E-state index in [1.165, 1.54) is 0 Å². The molecule has 0 aliphatic rings.